The maximum absolute atomic E-state index is 13.1. The molecular formula is C20H23N3O8S2. The molecule has 1 fully saturated rings. The molecule has 1 amide bonds. The summed E-state index contributed by atoms with van der Waals surface area (Å²) in [7, 11) is -6.49. The van der Waals surface area contributed by atoms with Crippen LogP contribution in [0, 0.1) is 16.0 Å². The van der Waals surface area contributed by atoms with E-state index in [-0.39, 0.29) is 52.8 Å². The van der Waals surface area contributed by atoms with Crippen LogP contribution in [0.15, 0.2) is 52.3 Å². The number of rotatable bonds is 7. The molecule has 0 unspecified atom stereocenters. The number of carbonyl (C=O) groups is 1. The SMILES string of the molecule is COc1ccc(NC(=O)C2CCN(S(=O)(=O)c3ccccc3S(C)(=O)=O)CC2)c([N+](=O)[O-])c1. The van der Waals surface area contributed by atoms with Crippen molar-refractivity contribution in [3.63, 3.8) is 0 Å². The van der Waals surface area contributed by atoms with E-state index in [0.29, 0.717) is 0 Å². The number of hydrogen-bond acceptors (Lipinski definition) is 8. The first kappa shape index (κ1) is 24.6. The molecule has 0 radical (unpaired) electrons. The highest BCUT2D eigenvalue weighted by molar-refractivity contribution is 7.93. The van der Waals surface area contributed by atoms with Crippen molar-refractivity contribution in [3.8, 4) is 5.75 Å². The summed E-state index contributed by atoms with van der Waals surface area (Å²) in [6.07, 6.45) is 1.29. The Labute approximate surface area is 191 Å². The van der Waals surface area contributed by atoms with Crippen molar-refractivity contribution < 1.29 is 31.3 Å². The van der Waals surface area contributed by atoms with Crippen LogP contribution in [0.2, 0.25) is 0 Å². The number of methoxy groups -OCH3 is 1. The van der Waals surface area contributed by atoms with Crippen LogP contribution in [0.1, 0.15) is 12.8 Å². The standard InChI is InChI=1S/C20H23N3O8S2/c1-31-15-7-8-16(17(13-15)23(25)26)21-20(24)14-9-11-22(12-10-14)33(29,30)19-6-4-3-5-18(19)32(2,27)28/h3-8,13-14H,9-12H2,1-2H3,(H,21,24). The van der Waals surface area contributed by atoms with Gasteiger partial charge in [0.2, 0.25) is 15.9 Å². The van der Waals surface area contributed by atoms with Crippen LogP contribution in [0.3, 0.4) is 0 Å². The van der Waals surface area contributed by atoms with Gasteiger partial charge in [-0.05, 0) is 37.1 Å². The fraction of sp³-hybridized carbons (Fsp3) is 0.350. The van der Waals surface area contributed by atoms with Gasteiger partial charge in [0.25, 0.3) is 5.69 Å². The van der Waals surface area contributed by atoms with Gasteiger partial charge in [0.15, 0.2) is 9.84 Å². The number of amides is 1. The van der Waals surface area contributed by atoms with Gasteiger partial charge >= 0.3 is 0 Å². The zero-order chi connectivity index (χ0) is 24.4. The first-order valence-corrected chi connectivity index (χ1v) is 13.2. The Morgan fingerprint density at radius 3 is 2.24 bits per heavy atom. The fourth-order valence-corrected chi connectivity index (χ4v) is 6.67. The smallest absolute Gasteiger partial charge is 0.296 e. The number of sulfonamides is 1. The maximum Gasteiger partial charge on any atom is 0.296 e. The van der Waals surface area contributed by atoms with Crippen molar-refractivity contribution in [2.75, 3.05) is 31.8 Å². The summed E-state index contributed by atoms with van der Waals surface area (Å²) in [5.74, 6) is -0.757. The molecule has 1 heterocycles. The largest absolute Gasteiger partial charge is 0.496 e. The normalized spacial score (nSPS) is 15.7. The van der Waals surface area contributed by atoms with Crippen LogP contribution in [0.25, 0.3) is 0 Å². The maximum atomic E-state index is 13.1. The average Bonchev–Trinajstić information content (AvgIpc) is 2.78. The van der Waals surface area contributed by atoms with Gasteiger partial charge in [-0.25, -0.2) is 16.8 Å². The highest BCUT2D eigenvalue weighted by Gasteiger charge is 2.35. The van der Waals surface area contributed by atoms with Crippen LogP contribution in [0.5, 0.6) is 5.75 Å². The topological polar surface area (TPSA) is 153 Å². The van der Waals surface area contributed by atoms with Gasteiger partial charge in [0.05, 0.1) is 23.0 Å². The van der Waals surface area contributed by atoms with Crippen LogP contribution in [-0.2, 0) is 24.7 Å². The molecule has 1 aliphatic heterocycles. The monoisotopic (exact) mass is 497 g/mol. The fourth-order valence-electron chi connectivity index (χ4n) is 3.60. The lowest BCUT2D eigenvalue weighted by atomic mass is 9.97. The number of nitro groups is 1. The van der Waals surface area contributed by atoms with Crippen LogP contribution >= 0.6 is 0 Å². The van der Waals surface area contributed by atoms with Gasteiger partial charge in [0, 0.05) is 25.3 Å². The first-order chi connectivity index (χ1) is 15.4. The van der Waals surface area contributed by atoms with Gasteiger partial charge in [-0.3, -0.25) is 14.9 Å². The Kier molecular flexibility index (Phi) is 7.05. The highest BCUT2D eigenvalue weighted by Crippen LogP contribution is 2.31. The molecular weight excluding hydrogens is 474 g/mol. The molecule has 33 heavy (non-hydrogen) atoms. The van der Waals surface area contributed by atoms with E-state index in [2.05, 4.69) is 5.32 Å². The summed E-state index contributed by atoms with van der Waals surface area (Å²) in [5.41, 5.74) is -0.303. The third kappa shape index (κ3) is 5.31. The van der Waals surface area contributed by atoms with E-state index >= 15 is 0 Å². The number of nitrogens with zero attached hydrogens (tertiary/aromatic N) is 2. The third-order valence-corrected chi connectivity index (χ3v) is 8.59. The minimum absolute atomic E-state index is 0.00320. The van der Waals surface area contributed by atoms with Crippen molar-refractivity contribution in [3.05, 3.63) is 52.6 Å². The molecule has 1 saturated heterocycles. The Morgan fingerprint density at radius 1 is 1.09 bits per heavy atom. The molecule has 2 aromatic carbocycles. The highest BCUT2D eigenvalue weighted by atomic mass is 32.2. The molecule has 0 spiro atoms. The zero-order valence-corrected chi connectivity index (χ0v) is 19.6. The molecule has 0 aliphatic carbocycles. The summed E-state index contributed by atoms with van der Waals surface area (Å²) in [4.78, 5) is 22.8. The summed E-state index contributed by atoms with van der Waals surface area (Å²) < 4.78 is 56.3. The number of piperidine rings is 1. The predicted octanol–water partition coefficient (Wildman–Crippen LogP) is 2.05. The van der Waals surface area contributed by atoms with Gasteiger partial charge < -0.3 is 10.1 Å². The van der Waals surface area contributed by atoms with E-state index < -0.39 is 36.6 Å². The molecule has 2 aromatic rings. The zero-order valence-electron chi connectivity index (χ0n) is 17.9. The average molecular weight is 498 g/mol. The second kappa shape index (κ2) is 9.45. The van der Waals surface area contributed by atoms with Crippen molar-refractivity contribution in [1.82, 2.24) is 4.31 Å². The molecule has 0 atom stereocenters. The van der Waals surface area contributed by atoms with Crippen molar-refractivity contribution in [2.45, 2.75) is 22.6 Å². The molecule has 11 nitrogen and oxygen atoms in total. The Balaban J connectivity index is 1.73. The lowest BCUT2D eigenvalue weighted by Gasteiger charge is -2.31. The van der Waals surface area contributed by atoms with E-state index in [1.807, 2.05) is 0 Å². The van der Waals surface area contributed by atoms with E-state index in [9.17, 15) is 31.7 Å². The molecule has 1 N–H and O–H groups in total. The van der Waals surface area contributed by atoms with Crippen LogP contribution in [0.4, 0.5) is 11.4 Å². The number of benzene rings is 2. The minimum atomic E-state index is -4.09. The number of hydrogen-bond donors (Lipinski definition) is 1. The number of anilines is 1. The van der Waals surface area contributed by atoms with Crippen molar-refractivity contribution >= 4 is 37.1 Å². The molecule has 1 aliphatic rings. The van der Waals surface area contributed by atoms with Gasteiger partial charge in [-0.15, -0.1) is 0 Å². The lowest BCUT2D eigenvalue weighted by Crippen LogP contribution is -2.41. The van der Waals surface area contributed by atoms with E-state index in [1.54, 1.807) is 0 Å². The lowest BCUT2D eigenvalue weighted by molar-refractivity contribution is -0.384. The van der Waals surface area contributed by atoms with Gasteiger partial charge in [-0.1, -0.05) is 12.1 Å². The van der Waals surface area contributed by atoms with E-state index in [0.717, 1.165) is 10.6 Å². The van der Waals surface area contributed by atoms with Crippen LogP contribution in [-0.4, -0.2) is 58.4 Å². The van der Waals surface area contributed by atoms with E-state index in [1.165, 1.54) is 49.6 Å². The summed E-state index contributed by atoms with van der Waals surface area (Å²) >= 11 is 0. The van der Waals surface area contributed by atoms with E-state index in [4.69, 9.17) is 4.74 Å². The predicted molar refractivity (Wildman–Crippen MR) is 119 cm³/mol. The quantitative estimate of drug-likeness (QED) is 0.450. The first-order valence-electron chi connectivity index (χ1n) is 9.87. The third-order valence-electron chi connectivity index (χ3n) is 5.35. The number of carbonyl (C=O) groups excluding carboxylic acids is 1. The molecule has 13 heteroatoms. The van der Waals surface area contributed by atoms with Gasteiger partial charge in [0.1, 0.15) is 16.3 Å². The molecule has 3 rings (SSSR count). The van der Waals surface area contributed by atoms with Crippen LogP contribution < -0.4 is 10.1 Å². The number of ether oxygens (including phenoxy) is 1. The molecule has 0 bridgehead atoms. The van der Waals surface area contributed by atoms with Crippen molar-refractivity contribution in [1.29, 1.82) is 0 Å². The minimum Gasteiger partial charge on any atom is -0.496 e. The Bertz CT molecular complexity index is 1280. The summed E-state index contributed by atoms with van der Waals surface area (Å²) in [6, 6.07) is 9.43. The summed E-state index contributed by atoms with van der Waals surface area (Å²) in [5, 5.41) is 13.9. The number of nitrogens with one attached hydrogen (secondary N) is 1. The summed E-state index contributed by atoms with van der Waals surface area (Å²) in [6.45, 7) is 0.00639. The number of sulfone groups is 1. The molecule has 0 aromatic heterocycles. The molecule has 0 saturated carbocycles. The second-order valence-electron chi connectivity index (χ2n) is 7.53. The number of nitro benzene ring substituents is 1. The Morgan fingerprint density at radius 2 is 1.70 bits per heavy atom. The van der Waals surface area contributed by atoms with Crippen molar-refractivity contribution in [2.24, 2.45) is 5.92 Å². The second-order valence-corrected chi connectivity index (χ2v) is 11.4. The van der Waals surface area contributed by atoms with Gasteiger partial charge in [-0.2, -0.15) is 4.31 Å². The molecule has 178 valence electrons. The Hall–Kier alpha value is -3.03.